The summed E-state index contributed by atoms with van der Waals surface area (Å²) in [6.07, 6.45) is 0. The van der Waals surface area contributed by atoms with Crippen molar-refractivity contribution in [3.05, 3.63) is 0 Å². The standard InChI is InChI=1S/C9H18O3/c1-7(10)12-9(4,5)8(2,3)11-6/h1-6H3. The lowest BCUT2D eigenvalue weighted by Crippen LogP contribution is -2.49. The zero-order chi connectivity index (χ0) is 9.99. The molecule has 0 aliphatic carbocycles. The van der Waals surface area contributed by atoms with Crippen LogP contribution in [0.1, 0.15) is 34.6 Å². The highest BCUT2D eigenvalue weighted by atomic mass is 16.6. The predicted octanol–water partition coefficient (Wildman–Crippen LogP) is 1.75. The Kier molecular flexibility index (Phi) is 3.27. The van der Waals surface area contributed by atoms with Gasteiger partial charge in [0.1, 0.15) is 11.2 Å². The molecule has 72 valence electrons. The number of ether oxygens (including phenoxy) is 2. The minimum Gasteiger partial charge on any atom is -0.457 e. The van der Waals surface area contributed by atoms with Gasteiger partial charge in [0.25, 0.3) is 0 Å². The third-order valence-corrected chi connectivity index (χ3v) is 2.36. The summed E-state index contributed by atoms with van der Waals surface area (Å²) in [5.41, 5.74) is -1.08. The first-order valence-corrected chi connectivity index (χ1v) is 3.97. The van der Waals surface area contributed by atoms with E-state index < -0.39 is 11.2 Å². The Morgan fingerprint density at radius 1 is 1.08 bits per heavy atom. The van der Waals surface area contributed by atoms with Gasteiger partial charge in [-0.2, -0.15) is 0 Å². The molecule has 0 radical (unpaired) electrons. The van der Waals surface area contributed by atoms with Crippen LogP contribution in [0.2, 0.25) is 0 Å². The van der Waals surface area contributed by atoms with Gasteiger partial charge in [-0.3, -0.25) is 4.79 Å². The topological polar surface area (TPSA) is 35.5 Å². The van der Waals surface area contributed by atoms with E-state index >= 15 is 0 Å². The molecule has 0 atom stereocenters. The summed E-state index contributed by atoms with van der Waals surface area (Å²) in [6, 6.07) is 0. The molecule has 0 fully saturated rings. The number of methoxy groups -OCH3 is 1. The third-order valence-electron chi connectivity index (χ3n) is 2.36. The Bertz CT molecular complexity index is 171. The van der Waals surface area contributed by atoms with Crippen molar-refractivity contribution in [2.24, 2.45) is 0 Å². The molecular formula is C9H18O3. The highest BCUT2D eigenvalue weighted by Gasteiger charge is 2.40. The normalized spacial score (nSPS) is 12.8. The minimum atomic E-state index is -0.604. The lowest BCUT2D eigenvalue weighted by molar-refractivity contribution is -0.184. The second-order valence-electron chi connectivity index (χ2n) is 3.82. The van der Waals surface area contributed by atoms with Gasteiger partial charge >= 0.3 is 5.97 Å². The minimum absolute atomic E-state index is 0.287. The second-order valence-corrected chi connectivity index (χ2v) is 3.82. The van der Waals surface area contributed by atoms with Gasteiger partial charge in [-0.1, -0.05) is 0 Å². The molecule has 0 aromatic carbocycles. The molecule has 0 heterocycles. The lowest BCUT2D eigenvalue weighted by atomic mass is 9.89. The number of hydrogen-bond donors (Lipinski definition) is 0. The summed E-state index contributed by atoms with van der Waals surface area (Å²) in [5, 5.41) is 0. The van der Waals surface area contributed by atoms with Gasteiger partial charge in [-0.05, 0) is 27.7 Å². The number of hydrogen-bond acceptors (Lipinski definition) is 3. The van der Waals surface area contributed by atoms with Crippen molar-refractivity contribution in [3.8, 4) is 0 Å². The average molecular weight is 174 g/mol. The number of rotatable bonds is 3. The first-order chi connectivity index (χ1) is 5.23. The van der Waals surface area contributed by atoms with Crippen LogP contribution in [0.15, 0.2) is 0 Å². The van der Waals surface area contributed by atoms with Crippen LogP contribution in [0.25, 0.3) is 0 Å². The SMILES string of the molecule is COC(C)(C)C(C)(C)OC(C)=O. The van der Waals surface area contributed by atoms with Gasteiger partial charge in [0.2, 0.25) is 0 Å². The number of carbonyl (C=O) groups excluding carboxylic acids is 1. The number of carbonyl (C=O) groups is 1. The van der Waals surface area contributed by atoms with Crippen LogP contribution in [-0.2, 0) is 14.3 Å². The summed E-state index contributed by atoms with van der Waals surface area (Å²) in [7, 11) is 1.60. The molecule has 0 aromatic heterocycles. The Labute approximate surface area is 74.0 Å². The summed E-state index contributed by atoms with van der Waals surface area (Å²) in [6.45, 7) is 8.83. The van der Waals surface area contributed by atoms with Crippen LogP contribution < -0.4 is 0 Å². The zero-order valence-corrected chi connectivity index (χ0v) is 8.72. The maximum atomic E-state index is 10.7. The van der Waals surface area contributed by atoms with Crippen LogP contribution in [0.5, 0.6) is 0 Å². The van der Waals surface area contributed by atoms with Crippen LogP contribution in [0.4, 0.5) is 0 Å². The highest BCUT2D eigenvalue weighted by Crippen LogP contribution is 2.28. The quantitative estimate of drug-likeness (QED) is 0.611. The Morgan fingerprint density at radius 3 is 1.75 bits per heavy atom. The summed E-state index contributed by atoms with van der Waals surface area (Å²) in [4.78, 5) is 10.7. The Hall–Kier alpha value is -0.570. The maximum Gasteiger partial charge on any atom is 0.303 e. The summed E-state index contributed by atoms with van der Waals surface area (Å²) in [5.74, 6) is -0.287. The van der Waals surface area contributed by atoms with E-state index in [0.29, 0.717) is 0 Å². The van der Waals surface area contributed by atoms with E-state index in [-0.39, 0.29) is 5.97 Å². The molecule has 0 bridgehead atoms. The van der Waals surface area contributed by atoms with Gasteiger partial charge in [0, 0.05) is 14.0 Å². The van der Waals surface area contributed by atoms with Crippen molar-refractivity contribution in [2.45, 2.75) is 45.8 Å². The molecule has 3 heteroatoms. The van der Waals surface area contributed by atoms with E-state index in [4.69, 9.17) is 9.47 Å². The summed E-state index contributed by atoms with van der Waals surface area (Å²) >= 11 is 0. The fourth-order valence-electron chi connectivity index (χ4n) is 0.728. The molecule has 0 spiro atoms. The highest BCUT2D eigenvalue weighted by molar-refractivity contribution is 5.66. The molecular weight excluding hydrogens is 156 g/mol. The fourth-order valence-corrected chi connectivity index (χ4v) is 0.728. The van der Waals surface area contributed by atoms with E-state index in [2.05, 4.69) is 0 Å². The van der Waals surface area contributed by atoms with Crippen LogP contribution in [0, 0.1) is 0 Å². The first kappa shape index (κ1) is 11.4. The van der Waals surface area contributed by atoms with Crippen molar-refractivity contribution >= 4 is 5.97 Å². The smallest absolute Gasteiger partial charge is 0.303 e. The predicted molar refractivity (Wildman–Crippen MR) is 46.9 cm³/mol. The fraction of sp³-hybridized carbons (Fsp3) is 0.889. The zero-order valence-electron chi connectivity index (χ0n) is 8.72. The Morgan fingerprint density at radius 2 is 1.50 bits per heavy atom. The van der Waals surface area contributed by atoms with E-state index in [9.17, 15) is 4.79 Å². The van der Waals surface area contributed by atoms with Gasteiger partial charge in [0.05, 0.1) is 0 Å². The van der Waals surface area contributed by atoms with Crippen molar-refractivity contribution in [2.75, 3.05) is 7.11 Å². The van der Waals surface area contributed by atoms with Crippen molar-refractivity contribution in [3.63, 3.8) is 0 Å². The van der Waals surface area contributed by atoms with E-state index in [0.717, 1.165) is 0 Å². The number of esters is 1. The molecule has 0 aliphatic rings. The molecule has 3 nitrogen and oxygen atoms in total. The van der Waals surface area contributed by atoms with Gasteiger partial charge in [-0.15, -0.1) is 0 Å². The first-order valence-electron chi connectivity index (χ1n) is 3.97. The van der Waals surface area contributed by atoms with Gasteiger partial charge in [0.15, 0.2) is 0 Å². The van der Waals surface area contributed by atoms with E-state index in [1.807, 2.05) is 27.7 Å². The van der Waals surface area contributed by atoms with Crippen LogP contribution in [0.3, 0.4) is 0 Å². The van der Waals surface area contributed by atoms with Crippen molar-refractivity contribution in [1.29, 1.82) is 0 Å². The molecule has 0 N–H and O–H groups in total. The molecule has 0 aromatic rings. The molecule has 12 heavy (non-hydrogen) atoms. The molecule has 0 aliphatic heterocycles. The maximum absolute atomic E-state index is 10.7. The van der Waals surface area contributed by atoms with E-state index in [1.54, 1.807) is 7.11 Å². The molecule has 0 amide bonds. The molecule has 0 rings (SSSR count). The lowest BCUT2D eigenvalue weighted by Gasteiger charge is -2.39. The molecule has 0 saturated heterocycles. The largest absolute Gasteiger partial charge is 0.457 e. The van der Waals surface area contributed by atoms with Crippen LogP contribution in [-0.4, -0.2) is 24.3 Å². The van der Waals surface area contributed by atoms with Gasteiger partial charge < -0.3 is 9.47 Å². The summed E-state index contributed by atoms with van der Waals surface area (Å²) < 4.78 is 10.4. The Balaban J connectivity index is 4.48. The second kappa shape index (κ2) is 3.44. The molecule has 0 unspecified atom stereocenters. The average Bonchev–Trinajstić information content (AvgIpc) is 1.84. The van der Waals surface area contributed by atoms with E-state index in [1.165, 1.54) is 6.92 Å². The van der Waals surface area contributed by atoms with Gasteiger partial charge in [-0.25, -0.2) is 0 Å². The third kappa shape index (κ3) is 2.48. The monoisotopic (exact) mass is 174 g/mol. The van der Waals surface area contributed by atoms with Crippen LogP contribution >= 0.6 is 0 Å². The molecule has 0 saturated carbocycles. The van der Waals surface area contributed by atoms with Crippen molar-refractivity contribution < 1.29 is 14.3 Å². The van der Waals surface area contributed by atoms with Crippen molar-refractivity contribution in [1.82, 2.24) is 0 Å².